The number of aromatic nitrogens is 2. The molecule has 1 aromatic rings. The second kappa shape index (κ2) is 5.23. The number of ether oxygens (including phenoxy) is 2. The van der Waals surface area contributed by atoms with Crippen molar-refractivity contribution in [1.29, 1.82) is 0 Å². The first-order valence-corrected chi connectivity index (χ1v) is 7.29. The fourth-order valence-electron chi connectivity index (χ4n) is 2.27. The van der Waals surface area contributed by atoms with Crippen LogP contribution >= 0.6 is 0 Å². The van der Waals surface area contributed by atoms with Gasteiger partial charge in [0.1, 0.15) is 6.10 Å². The quantitative estimate of drug-likeness (QED) is 0.773. The van der Waals surface area contributed by atoms with Gasteiger partial charge in [0.05, 0.1) is 36.2 Å². The molecule has 0 aliphatic carbocycles. The lowest BCUT2D eigenvalue weighted by atomic mass is 9.85. The Labute approximate surface area is 125 Å². The third-order valence-electron chi connectivity index (χ3n) is 4.30. The summed E-state index contributed by atoms with van der Waals surface area (Å²) in [6.45, 7) is 9.37. The molecule has 2 fully saturated rings. The van der Waals surface area contributed by atoms with E-state index in [0.717, 1.165) is 13.0 Å². The van der Waals surface area contributed by atoms with Crippen LogP contribution in [0.4, 0.5) is 0 Å². The van der Waals surface area contributed by atoms with E-state index in [4.69, 9.17) is 18.8 Å². The summed E-state index contributed by atoms with van der Waals surface area (Å²) < 4.78 is 23.0. The number of rotatable bonds is 3. The zero-order chi connectivity index (χ0) is 15.1. The second-order valence-corrected chi connectivity index (χ2v) is 6.47. The van der Waals surface area contributed by atoms with Gasteiger partial charge in [0.25, 0.3) is 0 Å². The Morgan fingerprint density at radius 2 is 1.90 bits per heavy atom. The van der Waals surface area contributed by atoms with Gasteiger partial charge in [0, 0.05) is 12.6 Å². The summed E-state index contributed by atoms with van der Waals surface area (Å²) in [4.78, 5) is 8.64. The molecular formula is C14H21BN2O4. The minimum Gasteiger partial charge on any atom is -0.471 e. The topological polar surface area (TPSA) is 62.7 Å². The van der Waals surface area contributed by atoms with Crippen molar-refractivity contribution in [3.05, 3.63) is 12.4 Å². The van der Waals surface area contributed by atoms with E-state index in [9.17, 15) is 0 Å². The third-order valence-corrected chi connectivity index (χ3v) is 4.30. The van der Waals surface area contributed by atoms with Crippen molar-refractivity contribution in [2.75, 3.05) is 13.2 Å². The van der Waals surface area contributed by atoms with Crippen LogP contribution in [0.1, 0.15) is 34.1 Å². The van der Waals surface area contributed by atoms with Crippen molar-refractivity contribution >= 4 is 12.7 Å². The first-order chi connectivity index (χ1) is 9.87. The summed E-state index contributed by atoms with van der Waals surface area (Å²) in [5, 5.41) is 0. The minimum atomic E-state index is -0.522. The molecule has 7 heteroatoms. The largest absolute Gasteiger partial charge is 0.516 e. The summed E-state index contributed by atoms with van der Waals surface area (Å²) >= 11 is 0. The van der Waals surface area contributed by atoms with Crippen LogP contribution in [0.2, 0.25) is 0 Å². The van der Waals surface area contributed by atoms with Gasteiger partial charge < -0.3 is 18.8 Å². The van der Waals surface area contributed by atoms with Gasteiger partial charge in [-0.05, 0) is 27.7 Å². The van der Waals surface area contributed by atoms with Gasteiger partial charge in [-0.3, -0.25) is 4.98 Å². The summed E-state index contributed by atoms with van der Waals surface area (Å²) in [6, 6.07) is 0. The molecule has 0 radical (unpaired) electrons. The van der Waals surface area contributed by atoms with Crippen LogP contribution in [0.15, 0.2) is 12.4 Å². The van der Waals surface area contributed by atoms with Crippen molar-refractivity contribution < 1.29 is 18.8 Å². The van der Waals surface area contributed by atoms with Crippen molar-refractivity contribution in [1.82, 2.24) is 9.97 Å². The molecule has 0 bridgehead atoms. The van der Waals surface area contributed by atoms with Crippen LogP contribution in [0.3, 0.4) is 0 Å². The van der Waals surface area contributed by atoms with E-state index in [1.165, 1.54) is 0 Å². The van der Waals surface area contributed by atoms with Gasteiger partial charge in [-0.2, -0.15) is 0 Å². The van der Waals surface area contributed by atoms with Gasteiger partial charge in [-0.25, -0.2) is 4.98 Å². The Bertz CT molecular complexity index is 501. The molecule has 3 heterocycles. The molecule has 1 aromatic heterocycles. The first kappa shape index (κ1) is 14.7. The zero-order valence-corrected chi connectivity index (χ0v) is 13.0. The molecule has 2 saturated heterocycles. The maximum absolute atomic E-state index is 5.97. The SMILES string of the molecule is CC1(C)OB(c2cncc(OC3CCOC3)n2)OC1(C)C. The van der Waals surface area contributed by atoms with Gasteiger partial charge in [-0.1, -0.05) is 0 Å². The van der Waals surface area contributed by atoms with E-state index < -0.39 is 18.3 Å². The molecule has 0 aromatic carbocycles. The lowest BCUT2D eigenvalue weighted by Crippen LogP contribution is -2.41. The van der Waals surface area contributed by atoms with Crippen LogP contribution in [0.5, 0.6) is 5.88 Å². The van der Waals surface area contributed by atoms with Crippen LogP contribution in [0.25, 0.3) is 0 Å². The fourth-order valence-corrected chi connectivity index (χ4v) is 2.27. The maximum atomic E-state index is 5.97. The van der Waals surface area contributed by atoms with Crippen LogP contribution in [-0.2, 0) is 14.0 Å². The Balaban J connectivity index is 1.74. The van der Waals surface area contributed by atoms with Crippen molar-refractivity contribution in [3.63, 3.8) is 0 Å². The van der Waals surface area contributed by atoms with Gasteiger partial charge in [-0.15, -0.1) is 0 Å². The van der Waals surface area contributed by atoms with Crippen LogP contribution < -0.4 is 10.3 Å². The van der Waals surface area contributed by atoms with Crippen LogP contribution in [-0.4, -0.2) is 47.6 Å². The second-order valence-electron chi connectivity index (χ2n) is 6.47. The molecule has 0 spiro atoms. The molecule has 1 unspecified atom stereocenters. The normalized spacial score (nSPS) is 27.0. The fraction of sp³-hybridized carbons (Fsp3) is 0.714. The van der Waals surface area contributed by atoms with Crippen molar-refractivity contribution in [2.45, 2.75) is 51.4 Å². The lowest BCUT2D eigenvalue weighted by Gasteiger charge is -2.32. The molecule has 2 aliphatic rings. The molecule has 0 N–H and O–H groups in total. The molecule has 2 aliphatic heterocycles. The van der Waals surface area contributed by atoms with Crippen LogP contribution in [0, 0.1) is 0 Å². The Kier molecular flexibility index (Phi) is 3.67. The summed E-state index contributed by atoms with van der Waals surface area (Å²) in [5.41, 5.74) is -0.157. The highest BCUT2D eigenvalue weighted by Crippen LogP contribution is 2.36. The smallest absolute Gasteiger partial charge is 0.471 e. The lowest BCUT2D eigenvalue weighted by molar-refractivity contribution is 0.00578. The van der Waals surface area contributed by atoms with Gasteiger partial charge in [0.15, 0.2) is 0 Å². The van der Waals surface area contributed by atoms with E-state index in [2.05, 4.69) is 9.97 Å². The standard InChI is InChI=1S/C14H21BN2O4/c1-13(2)14(3,4)21-15(20-13)11-7-16-8-12(17-11)19-10-5-6-18-9-10/h7-8,10H,5-6,9H2,1-4H3. The Morgan fingerprint density at radius 3 is 2.52 bits per heavy atom. The first-order valence-electron chi connectivity index (χ1n) is 7.29. The monoisotopic (exact) mass is 292 g/mol. The molecule has 0 saturated carbocycles. The van der Waals surface area contributed by atoms with Crippen molar-refractivity contribution in [3.8, 4) is 5.88 Å². The summed E-state index contributed by atoms with van der Waals surface area (Å²) in [7, 11) is -0.522. The van der Waals surface area contributed by atoms with Crippen molar-refractivity contribution in [2.24, 2.45) is 0 Å². The van der Waals surface area contributed by atoms with E-state index in [1.807, 2.05) is 27.7 Å². The maximum Gasteiger partial charge on any atom is 0.516 e. The average molecular weight is 292 g/mol. The third kappa shape index (κ3) is 2.91. The molecule has 1 atom stereocenters. The van der Waals surface area contributed by atoms with Gasteiger partial charge in [0.2, 0.25) is 5.88 Å². The van der Waals surface area contributed by atoms with E-state index >= 15 is 0 Å². The average Bonchev–Trinajstić information content (AvgIpc) is 2.97. The van der Waals surface area contributed by atoms with E-state index in [-0.39, 0.29) is 6.10 Å². The molecular weight excluding hydrogens is 271 g/mol. The number of hydrogen-bond donors (Lipinski definition) is 0. The molecule has 114 valence electrons. The number of hydrogen-bond acceptors (Lipinski definition) is 6. The molecule has 3 rings (SSSR count). The summed E-state index contributed by atoms with van der Waals surface area (Å²) in [5.74, 6) is 0.484. The van der Waals surface area contributed by atoms with Gasteiger partial charge >= 0.3 is 7.12 Å². The predicted octanol–water partition coefficient (Wildman–Crippen LogP) is 0.943. The van der Waals surface area contributed by atoms with E-state index in [1.54, 1.807) is 12.4 Å². The Morgan fingerprint density at radius 1 is 1.19 bits per heavy atom. The predicted molar refractivity (Wildman–Crippen MR) is 77.6 cm³/mol. The minimum absolute atomic E-state index is 0.0489. The number of nitrogens with zero attached hydrogens (tertiary/aromatic N) is 2. The Hall–Kier alpha value is -1.18. The highest BCUT2D eigenvalue weighted by Gasteiger charge is 2.52. The zero-order valence-electron chi connectivity index (χ0n) is 13.0. The highest BCUT2D eigenvalue weighted by atomic mass is 16.7. The molecule has 21 heavy (non-hydrogen) atoms. The highest BCUT2D eigenvalue weighted by molar-refractivity contribution is 6.61. The van der Waals surface area contributed by atoms with E-state index in [0.29, 0.717) is 18.1 Å². The molecule has 6 nitrogen and oxygen atoms in total. The molecule has 0 amide bonds. The summed E-state index contributed by atoms with van der Waals surface area (Å²) in [6.07, 6.45) is 4.18.